The molecule has 3 aromatic rings. The SMILES string of the molecule is CCCc1nc(Cl)c(C)c(-c2ccc3ccccc3n2)n1. The lowest BCUT2D eigenvalue weighted by Crippen LogP contribution is -2.01. The fourth-order valence-electron chi connectivity index (χ4n) is 2.32. The lowest BCUT2D eigenvalue weighted by atomic mass is 10.1. The molecule has 0 bridgehead atoms. The highest BCUT2D eigenvalue weighted by atomic mass is 35.5. The van der Waals surface area contributed by atoms with Gasteiger partial charge in [-0.05, 0) is 25.5 Å². The molecule has 106 valence electrons. The second kappa shape index (κ2) is 5.78. The zero-order valence-electron chi connectivity index (χ0n) is 12.1. The molecule has 0 aliphatic rings. The van der Waals surface area contributed by atoms with E-state index in [1.807, 2.05) is 31.2 Å². The maximum Gasteiger partial charge on any atom is 0.136 e. The molecule has 0 radical (unpaired) electrons. The fraction of sp³-hybridized carbons (Fsp3) is 0.235. The second-order valence-corrected chi connectivity index (χ2v) is 5.40. The van der Waals surface area contributed by atoms with E-state index >= 15 is 0 Å². The van der Waals surface area contributed by atoms with Gasteiger partial charge in [-0.25, -0.2) is 15.0 Å². The van der Waals surface area contributed by atoms with E-state index in [9.17, 15) is 0 Å². The fourth-order valence-corrected chi connectivity index (χ4v) is 2.50. The number of rotatable bonds is 3. The van der Waals surface area contributed by atoms with Crippen molar-refractivity contribution < 1.29 is 0 Å². The normalized spacial score (nSPS) is 11.0. The predicted octanol–water partition coefficient (Wildman–Crippen LogP) is 4.61. The van der Waals surface area contributed by atoms with E-state index in [4.69, 9.17) is 16.6 Å². The summed E-state index contributed by atoms with van der Waals surface area (Å²) in [5.74, 6) is 0.776. The summed E-state index contributed by atoms with van der Waals surface area (Å²) in [4.78, 5) is 13.7. The number of halogens is 1. The molecule has 1 aromatic carbocycles. The first-order valence-electron chi connectivity index (χ1n) is 7.08. The van der Waals surface area contributed by atoms with Crippen molar-refractivity contribution in [3.8, 4) is 11.4 Å². The highest BCUT2D eigenvalue weighted by Crippen LogP contribution is 2.26. The largest absolute Gasteiger partial charge is 0.246 e. The van der Waals surface area contributed by atoms with E-state index in [-0.39, 0.29) is 0 Å². The van der Waals surface area contributed by atoms with Gasteiger partial charge in [0.25, 0.3) is 0 Å². The molecule has 0 spiro atoms. The van der Waals surface area contributed by atoms with Crippen molar-refractivity contribution in [3.63, 3.8) is 0 Å². The molecule has 0 aliphatic carbocycles. The minimum absolute atomic E-state index is 0.512. The third-order valence-corrected chi connectivity index (χ3v) is 3.82. The molecule has 3 rings (SSSR count). The Bertz CT molecular complexity index is 799. The lowest BCUT2D eigenvalue weighted by molar-refractivity contribution is 0.832. The van der Waals surface area contributed by atoms with Crippen LogP contribution in [0.1, 0.15) is 24.7 Å². The highest BCUT2D eigenvalue weighted by Gasteiger charge is 2.12. The average Bonchev–Trinajstić information content (AvgIpc) is 2.50. The van der Waals surface area contributed by atoms with Gasteiger partial charge in [0.1, 0.15) is 11.0 Å². The Morgan fingerprint density at radius 2 is 1.81 bits per heavy atom. The summed E-state index contributed by atoms with van der Waals surface area (Å²) in [6.07, 6.45) is 1.81. The molecule has 4 heteroatoms. The lowest BCUT2D eigenvalue weighted by Gasteiger charge is -2.09. The van der Waals surface area contributed by atoms with E-state index in [0.717, 1.165) is 46.5 Å². The summed E-state index contributed by atoms with van der Waals surface area (Å²) >= 11 is 6.24. The zero-order valence-corrected chi connectivity index (χ0v) is 12.9. The molecule has 21 heavy (non-hydrogen) atoms. The molecule has 0 saturated carbocycles. The van der Waals surface area contributed by atoms with Gasteiger partial charge >= 0.3 is 0 Å². The van der Waals surface area contributed by atoms with Crippen LogP contribution in [0, 0.1) is 6.92 Å². The van der Waals surface area contributed by atoms with E-state index in [2.05, 4.69) is 29.0 Å². The number of benzene rings is 1. The number of hydrogen-bond acceptors (Lipinski definition) is 3. The molecule has 2 heterocycles. The van der Waals surface area contributed by atoms with Crippen LogP contribution < -0.4 is 0 Å². The van der Waals surface area contributed by atoms with Gasteiger partial charge in [-0.3, -0.25) is 0 Å². The summed E-state index contributed by atoms with van der Waals surface area (Å²) in [7, 11) is 0. The van der Waals surface area contributed by atoms with Gasteiger partial charge in [0, 0.05) is 17.4 Å². The molecular weight excluding hydrogens is 282 g/mol. The number of nitrogens with zero attached hydrogens (tertiary/aromatic N) is 3. The molecule has 0 unspecified atom stereocenters. The minimum Gasteiger partial charge on any atom is -0.246 e. The predicted molar refractivity (Wildman–Crippen MR) is 86.5 cm³/mol. The van der Waals surface area contributed by atoms with Crippen molar-refractivity contribution in [2.24, 2.45) is 0 Å². The third kappa shape index (κ3) is 2.74. The molecule has 0 atom stereocenters. The van der Waals surface area contributed by atoms with Crippen molar-refractivity contribution in [2.75, 3.05) is 0 Å². The maximum atomic E-state index is 6.24. The Morgan fingerprint density at radius 3 is 2.62 bits per heavy atom. The molecule has 3 nitrogen and oxygen atoms in total. The van der Waals surface area contributed by atoms with Gasteiger partial charge in [-0.15, -0.1) is 0 Å². The first-order valence-corrected chi connectivity index (χ1v) is 7.46. The number of aromatic nitrogens is 3. The molecule has 0 saturated heterocycles. The summed E-state index contributed by atoms with van der Waals surface area (Å²) < 4.78 is 0. The van der Waals surface area contributed by atoms with Gasteiger partial charge in [-0.2, -0.15) is 0 Å². The van der Waals surface area contributed by atoms with Crippen LogP contribution in [0.25, 0.3) is 22.3 Å². The highest BCUT2D eigenvalue weighted by molar-refractivity contribution is 6.30. The smallest absolute Gasteiger partial charge is 0.136 e. The van der Waals surface area contributed by atoms with Crippen LogP contribution >= 0.6 is 11.6 Å². The quantitative estimate of drug-likeness (QED) is 0.663. The number of fused-ring (bicyclic) bond motifs is 1. The summed E-state index contributed by atoms with van der Waals surface area (Å²) in [6.45, 7) is 4.04. The van der Waals surface area contributed by atoms with E-state index in [1.54, 1.807) is 0 Å². The molecule has 0 amide bonds. The number of pyridine rings is 1. The van der Waals surface area contributed by atoms with Crippen LogP contribution in [0.2, 0.25) is 5.15 Å². The van der Waals surface area contributed by atoms with Crippen molar-refractivity contribution in [1.29, 1.82) is 0 Å². The van der Waals surface area contributed by atoms with Crippen LogP contribution in [0.3, 0.4) is 0 Å². The van der Waals surface area contributed by atoms with Crippen LogP contribution in [0.5, 0.6) is 0 Å². The first-order chi connectivity index (χ1) is 10.2. The van der Waals surface area contributed by atoms with Crippen molar-refractivity contribution in [2.45, 2.75) is 26.7 Å². The zero-order chi connectivity index (χ0) is 14.8. The summed E-state index contributed by atoms with van der Waals surface area (Å²) in [5.41, 5.74) is 3.50. The van der Waals surface area contributed by atoms with Gasteiger partial charge in [-0.1, -0.05) is 42.8 Å². The van der Waals surface area contributed by atoms with Gasteiger partial charge < -0.3 is 0 Å². The Kier molecular flexibility index (Phi) is 3.84. The second-order valence-electron chi connectivity index (χ2n) is 5.04. The number of hydrogen-bond donors (Lipinski definition) is 0. The van der Waals surface area contributed by atoms with Crippen LogP contribution in [-0.4, -0.2) is 15.0 Å². The minimum atomic E-state index is 0.512. The van der Waals surface area contributed by atoms with Gasteiger partial charge in [0.15, 0.2) is 0 Å². The maximum absolute atomic E-state index is 6.24. The molecule has 0 N–H and O–H groups in total. The Morgan fingerprint density at radius 1 is 1.00 bits per heavy atom. The van der Waals surface area contributed by atoms with Gasteiger partial charge in [0.2, 0.25) is 0 Å². The third-order valence-electron chi connectivity index (χ3n) is 3.45. The number of para-hydroxylation sites is 1. The standard InChI is InChI=1S/C17H16ClN3/c1-3-6-15-20-16(11(2)17(18)21-15)14-10-9-12-7-4-5-8-13(12)19-14/h4-5,7-10H,3,6H2,1-2H3. The van der Waals surface area contributed by atoms with Crippen LogP contribution in [-0.2, 0) is 6.42 Å². The Balaban J connectivity index is 2.16. The summed E-state index contributed by atoms with van der Waals surface area (Å²) in [5, 5.41) is 1.63. The molecule has 0 fully saturated rings. The molecule has 2 aromatic heterocycles. The monoisotopic (exact) mass is 297 g/mol. The van der Waals surface area contributed by atoms with Crippen LogP contribution in [0.15, 0.2) is 36.4 Å². The number of aryl methyl sites for hydroxylation is 1. The molecule has 0 aliphatic heterocycles. The summed E-state index contributed by atoms with van der Waals surface area (Å²) in [6, 6.07) is 12.1. The Labute approximate surface area is 129 Å². The van der Waals surface area contributed by atoms with Gasteiger partial charge in [0.05, 0.1) is 16.9 Å². The van der Waals surface area contributed by atoms with E-state index < -0.39 is 0 Å². The van der Waals surface area contributed by atoms with Crippen LogP contribution in [0.4, 0.5) is 0 Å². The van der Waals surface area contributed by atoms with Crippen molar-refractivity contribution in [3.05, 3.63) is 52.9 Å². The van der Waals surface area contributed by atoms with E-state index in [1.165, 1.54) is 0 Å². The topological polar surface area (TPSA) is 38.7 Å². The van der Waals surface area contributed by atoms with Crippen molar-refractivity contribution in [1.82, 2.24) is 15.0 Å². The first kappa shape index (κ1) is 14.0. The molecular formula is C17H16ClN3. The van der Waals surface area contributed by atoms with E-state index in [0.29, 0.717) is 5.15 Å². The average molecular weight is 298 g/mol. The van der Waals surface area contributed by atoms with Crippen molar-refractivity contribution >= 4 is 22.5 Å². The Hall–Kier alpha value is -2.00.